The number of hydrogen-bond acceptors (Lipinski definition) is 5. The minimum absolute atomic E-state index is 0.0563. The summed E-state index contributed by atoms with van der Waals surface area (Å²) in [5.74, 6) is 1.67. The normalized spacial score (nSPS) is 19.9. The molecule has 2 aromatic carbocycles. The van der Waals surface area contributed by atoms with Gasteiger partial charge in [-0.1, -0.05) is 76.2 Å². The molecule has 0 fully saturated rings. The van der Waals surface area contributed by atoms with Gasteiger partial charge < -0.3 is 9.80 Å². The molecule has 188 valence electrons. The quantitative estimate of drug-likeness (QED) is 0.296. The highest BCUT2D eigenvalue weighted by molar-refractivity contribution is 5.87. The number of aromatic nitrogens is 3. The smallest absolute Gasteiger partial charge is 0.153 e. The van der Waals surface area contributed by atoms with E-state index in [4.69, 9.17) is 4.98 Å². The van der Waals surface area contributed by atoms with Gasteiger partial charge in [0.2, 0.25) is 0 Å². The molecule has 0 N–H and O–H groups in total. The summed E-state index contributed by atoms with van der Waals surface area (Å²) in [4.78, 5) is 18.5. The Balaban J connectivity index is 1.41. The molecule has 5 heteroatoms. The SMILES string of the molecule is CC1(C)C2=C(C=CC(N(c3ccccn3)c3cnccn3)C2)N2c3ccccc3C(C)(C)c3cccc1c32. The van der Waals surface area contributed by atoms with Crippen LogP contribution in [0.15, 0.2) is 109 Å². The largest absolute Gasteiger partial charge is 0.310 e. The molecule has 38 heavy (non-hydrogen) atoms. The van der Waals surface area contributed by atoms with Gasteiger partial charge >= 0.3 is 0 Å². The first-order chi connectivity index (χ1) is 18.4. The van der Waals surface area contributed by atoms with Gasteiger partial charge in [-0.2, -0.15) is 0 Å². The third-order valence-corrected chi connectivity index (χ3v) is 8.64. The molecule has 1 atom stereocenters. The third kappa shape index (κ3) is 3.14. The number of rotatable bonds is 3. The molecule has 0 saturated carbocycles. The van der Waals surface area contributed by atoms with Gasteiger partial charge in [-0.25, -0.2) is 9.97 Å². The van der Waals surface area contributed by atoms with E-state index in [-0.39, 0.29) is 16.9 Å². The van der Waals surface area contributed by atoms with Crippen molar-refractivity contribution in [2.75, 3.05) is 9.80 Å². The molecule has 2 aromatic heterocycles. The summed E-state index contributed by atoms with van der Waals surface area (Å²) in [6.07, 6.45) is 12.6. The average molecular weight is 498 g/mol. The highest BCUT2D eigenvalue weighted by Gasteiger charge is 2.47. The lowest BCUT2D eigenvalue weighted by molar-refractivity contribution is 0.538. The number of para-hydroxylation sites is 2. The summed E-state index contributed by atoms with van der Waals surface area (Å²) < 4.78 is 0. The second-order valence-electron chi connectivity index (χ2n) is 11.4. The zero-order chi connectivity index (χ0) is 26.1. The van der Waals surface area contributed by atoms with Crippen LogP contribution in [0.4, 0.5) is 23.0 Å². The first kappa shape index (κ1) is 22.9. The van der Waals surface area contributed by atoms with Gasteiger partial charge in [-0.3, -0.25) is 4.98 Å². The van der Waals surface area contributed by atoms with Gasteiger partial charge in [0.15, 0.2) is 5.82 Å². The topological polar surface area (TPSA) is 45.2 Å². The molecule has 1 aliphatic carbocycles. The van der Waals surface area contributed by atoms with Crippen LogP contribution in [0.2, 0.25) is 0 Å². The van der Waals surface area contributed by atoms with Crippen LogP contribution >= 0.6 is 0 Å². The Morgan fingerprint density at radius 1 is 0.763 bits per heavy atom. The van der Waals surface area contributed by atoms with E-state index >= 15 is 0 Å². The van der Waals surface area contributed by atoms with Crippen LogP contribution in [0.1, 0.15) is 50.8 Å². The van der Waals surface area contributed by atoms with Crippen LogP contribution < -0.4 is 9.80 Å². The first-order valence-electron chi connectivity index (χ1n) is 13.3. The molecule has 2 aliphatic heterocycles. The second-order valence-corrected chi connectivity index (χ2v) is 11.4. The average Bonchev–Trinajstić information content (AvgIpc) is 2.94. The summed E-state index contributed by atoms with van der Waals surface area (Å²) >= 11 is 0. The Hall–Kier alpha value is -4.25. The van der Waals surface area contributed by atoms with Crippen LogP contribution in [-0.2, 0) is 10.8 Å². The number of nitrogens with zero attached hydrogens (tertiary/aromatic N) is 5. The van der Waals surface area contributed by atoms with Crippen molar-refractivity contribution in [3.8, 4) is 0 Å². The maximum Gasteiger partial charge on any atom is 0.153 e. The Kier molecular flexibility index (Phi) is 4.90. The monoisotopic (exact) mass is 497 g/mol. The van der Waals surface area contributed by atoms with Crippen molar-refractivity contribution < 1.29 is 0 Å². The van der Waals surface area contributed by atoms with E-state index in [2.05, 4.69) is 102 Å². The zero-order valence-electron chi connectivity index (χ0n) is 22.3. The van der Waals surface area contributed by atoms with Gasteiger partial charge in [0.1, 0.15) is 5.82 Å². The molecule has 4 aromatic rings. The lowest BCUT2D eigenvalue weighted by Crippen LogP contribution is -2.43. The molecule has 5 nitrogen and oxygen atoms in total. The second kappa shape index (κ2) is 8.12. The summed E-state index contributed by atoms with van der Waals surface area (Å²) in [5, 5.41) is 0. The standard InChI is InChI=1S/C33H31N5/c1-32(2)23-10-5-6-13-27(23)38-28-16-15-22(20-26(28)33(3,4)25-12-9-11-24(32)31(25)38)37(29-14-7-8-17-35-29)30-21-34-18-19-36-30/h5-19,21-22H,20H2,1-4H3. The maximum absolute atomic E-state index is 4.70. The Labute approximate surface area is 224 Å². The fourth-order valence-corrected chi connectivity index (χ4v) is 6.68. The number of anilines is 4. The van der Waals surface area contributed by atoms with E-state index in [9.17, 15) is 0 Å². The van der Waals surface area contributed by atoms with E-state index < -0.39 is 0 Å². The van der Waals surface area contributed by atoms with Gasteiger partial charge in [0.25, 0.3) is 0 Å². The van der Waals surface area contributed by atoms with Gasteiger partial charge in [0, 0.05) is 35.1 Å². The summed E-state index contributed by atoms with van der Waals surface area (Å²) in [6.45, 7) is 9.47. The number of benzene rings is 2. The number of hydrogen-bond donors (Lipinski definition) is 0. The van der Waals surface area contributed by atoms with Crippen molar-refractivity contribution in [2.24, 2.45) is 0 Å². The minimum atomic E-state index is -0.138. The highest BCUT2D eigenvalue weighted by Crippen LogP contribution is 2.59. The van der Waals surface area contributed by atoms with Crippen LogP contribution in [-0.4, -0.2) is 21.0 Å². The summed E-state index contributed by atoms with van der Waals surface area (Å²) in [5.41, 5.74) is 9.26. The van der Waals surface area contributed by atoms with Crippen LogP contribution in [0, 0.1) is 0 Å². The predicted molar refractivity (Wildman–Crippen MR) is 153 cm³/mol. The predicted octanol–water partition coefficient (Wildman–Crippen LogP) is 7.36. The fourth-order valence-electron chi connectivity index (χ4n) is 6.68. The molecule has 4 heterocycles. The van der Waals surface area contributed by atoms with E-state index in [0.29, 0.717) is 0 Å². The lowest BCUT2D eigenvalue weighted by Gasteiger charge is -2.51. The van der Waals surface area contributed by atoms with Crippen molar-refractivity contribution in [1.82, 2.24) is 15.0 Å². The maximum atomic E-state index is 4.70. The van der Waals surface area contributed by atoms with Crippen molar-refractivity contribution in [3.63, 3.8) is 0 Å². The van der Waals surface area contributed by atoms with Crippen LogP contribution in [0.3, 0.4) is 0 Å². The third-order valence-electron chi connectivity index (χ3n) is 8.64. The Morgan fingerprint density at radius 2 is 1.50 bits per heavy atom. The van der Waals surface area contributed by atoms with Crippen molar-refractivity contribution in [2.45, 2.75) is 51.0 Å². The molecular formula is C33H31N5. The highest BCUT2D eigenvalue weighted by atomic mass is 15.3. The lowest BCUT2D eigenvalue weighted by atomic mass is 9.64. The molecule has 7 rings (SSSR count). The Bertz CT molecular complexity index is 1560. The minimum Gasteiger partial charge on any atom is -0.310 e. The van der Waals surface area contributed by atoms with E-state index in [1.807, 2.05) is 30.6 Å². The van der Waals surface area contributed by atoms with Crippen LogP contribution in [0.25, 0.3) is 0 Å². The van der Waals surface area contributed by atoms with E-state index in [0.717, 1.165) is 18.1 Å². The van der Waals surface area contributed by atoms with E-state index in [1.54, 1.807) is 12.4 Å². The Morgan fingerprint density at radius 3 is 2.26 bits per heavy atom. The van der Waals surface area contributed by atoms with Crippen molar-refractivity contribution in [3.05, 3.63) is 126 Å². The number of pyridine rings is 1. The molecule has 0 spiro atoms. The molecule has 0 bridgehead atoms. The molecular weight excluding hydrogens is 466 g/mol. The van der Waals surface area contributed by atoms with Crippen molar-refractivity contribution in [1.29, 1.82) is 0 Å². The summed E-state index contributed by atoms with van der Waals surface area (Å²) in [6, 6.07) is 21.8. The molecule has 0 saturated heterocycles. The number of allylic oxidation sites excluding steroid dienone is 1. The molecule has 1 unspecified atom stereocenters. The fraction of sp³-hybridized carbons (Fsp3) is 0.242. The summed E-state index contributed by atoms with van der Waals surface area (Å²) in [7, 11) is 0. The van der Waals surface area contributed by atoms with Crippen LogP contribution in [0.5, 0.6) is 0 Å². The van der Waals surface area contributed by atoms with Gasteiger partial charge in [-0.05, 0) is 53.0 Å². The molecule has 3 aliphatic rings. The van der Waals surface area contributed by atoms with E-state index in [1.165, 1.54) is 39.3 Å². The van der Waals surface area contributed by atoms with Gasteiger partial charge in [0.05, 0.1) is 23.6 Å². The first-order valence-corrected chi connectivity index (χ1v) is 13.3. The van der Waals surface area contributed by atoms with Gasteiger partial charge in [-0.15, -0.1) is 0 Å². The molecule has 0 amide bonds. The zero-order valence-corrected chi connectivity index (χ0v) is 22.3. The number of fused-ring (bicyclic) bond motifs is 3. The van der Waals surface area contributed by atoms with Crippen molar-refractivity contribution >= 4 is 23.0 Å². The molecule has 0 radical (unpaired) electrons.